The van der Waals surface area contributed by atoms with Crippen molar-refractivity contribution in [3.8, 4) is 0 Å². The van der Waals surface area contributed by atoms with E-state index in [-0.39, 0.29) is 23.8 Å². The Balaban J connectivity index is 0.768. The molecule has 2 atom stereocenters. The molecule has 0 spiro atoms. The average molecular weight is 744 g/mol. The molecule has 1 unspecified atom stereocenters. The number of amides is 3. The lowest BCUT2D eigenvalue weighted by Gasteiger charge is -2.36. The van der Waals surface area contributed by atoms with Crippen LogP contribution in [0.25, 0.3) is 5.65 Å². The highest BCUT2D eigenvalue weighted by Gasteiger charge is 2.30. The lowest BCUT2D eigenvalue weighted by Crippen LogP contribution is -2.47. The van der Waals surface area contributed by atoms with E-state index < -0.39 is 17.7 Å². The third-order valence-corrected chi connectivity index (χ3v) is 10.5. The molecule has 7 rings (SSSR count). The van der Waals surface area contributed by atoms with Gasteiger partial charge in [0.15, 0.2) is 5.65 Å². The largest absolute Gasteiger partial charge is 0.380 e. The summed E-state index contributed by atoms with van der Waals surface area (Å²) in [6.07, 6.45) is 8.23. The third-order valence-electron chi connectivity index (χ3n) is 10.5. The number of carbonyl (C=O) groups excluding carboxylic acids is 3. The van der Waals surface area contributed by atoms with Crippen LogP contribution in [0.3, 0.4) is 0 Å². The maximum Gasteiger partial charge on any atom is 0.256 e. The highest BCUT2D eigenvalue weighted by Crippen LogP contribution is 2.37. The second kappa shape index (κ2) is 17.3. The zero-order valence-corrected chi connectivity index (χ0v) is 30.3. The van der Waals surface area contributed by atoms with Gasteiger partial charge in [-0.05, 0) is 87.1 Å². The molecule has 4 aromatic rings. The number of imide groups is 1. The summed E-state index contributed by atoms with van der Waals surface area (Å²) in [5, 5.41) is 12.9. The number of anilines is 3. The number of nitrogens with one attached hydrogen (secondary N) is 3. The number of piperidine rings is 1. The van der Waals surface area contributed by atoms with E-state index in [0.29, 0.717) is 68.2 Å². The molecule has 3 aliphatic heterocycles. The summed E-state index contributed by atoms with van der Waals surface area (Å²) in [6, 6.07) is 12.7. The van der Waals surface area contributed by atoms with Crippen molar-refractivity contribution in [2.24, 2.45) is 0 Å². The number of ether oxygens (including phenoxy) is 1. The maximum absolute atomic E-state index is 14.6. The second-order valence-corrected chi connectivity index (χ2v) is 14.1. The Morgan fingerprint density at radius 2 is 1.78 bits per heavy atom. The lowest BCUT2D eigenvalue weighted by atomic mass is 10.0. The number of fused-ring (bicyclic) bond motifs is 1. The van der Waals surface area contributed by atoms with Crippen molar-refractivity contribution >= 4 is 40.6 Å². The molecule has 0 bridgehead atoms. The minimum Gasteiger partial charge on any atom is -0.380 e. The Morgan fingerprint density at radius 1 is 0.944 bits per heavy atom. The van der Waals surface area contributed by atoms with Crippen LogP contribution in [0, 0.1) is 11.6 Å². The highest BCUT2D eigenvalue weighted by molar-refractivity contribution is 6.01. The number of rotatable bonds is 15. The summed E-state index contributed by atoms with van der Waals surface area (Å²) in [5.41, 5.74) is 3.10. The van der Waals surface area contributed by atoms with Gasteiger partial charge >= 0.3 is 0 Å². The molecule has 2 aromatic heterocycles. The van der Waals surface area contributed by atoms with Gasteiger partial charge in [0.25, 0.3) is 5.91 Å². The Labute approximate surface area is 313 Å². The van der Waals surface area contributed by atoms with Crippen LogP contribution in [0.5, 0.6) is 0 Å². The number of halogens is 2. The molecule has 3 amide bonds. The fourth-order valence-electron chi connectivity index (χ4n) is 7.44. The van der Waals surface area contributed by atoms with Gasteiger partial charge in [0, 0.05) is 82.0 Å². The molecule has 5 heterocycles. The highest BCUT2D eigenvalue weighted by atomic mass is 19.1. The molecular weight excluding hydrogens is 696 g/mol. The number of aromatic nitrogens is 3. The minimum atomic E-state index is -0.476. The summed E-state index contributed by atoms with van der Waals surface area (Å²) in [5.74, 6) is -1.07. The molecule has 54 heavy (non-hydrogen) atoms. The predicted molar refractivity (Wildman–Crippen MR) is 201 cm³/mol. The van der Waals surface area contributed by atoms with Crippen LogP contribution in [0.1, 0.15) is 66.9 Å². The fraction of sp³-hybridized carbons (Fsp3) is 0.462. The molecular formula is C39H47F2N9O4. The number of hydrogen-bond donors (Lipinski definition) is 3. The van der Waals surface area contributed by atoms with Crippen LogP contribution in [-0.4, -0.2) is 102 Å². The number of carbonyl (C=O) groups is 3. The second-order valence-electron chi connectivity index (χ2n) is 14.1. The summed E-state index contributed by atoms with van der Waals surface area (Å²) in [7, 11) is 0. The predicted octanol–water partition coefficient (Wildman–Crippen LogP) is 4.31. The number of unbranched alkanes of at least 4 members (excludes halogenated alkanes) is 2. The lowest BCUT2D eigenvalue weighted by molar-refractivity contribution is -0.133. The van der Waals surface area contributed by atoms with Gasteiger partial charge in [-0.25, -0.2) is 18.3 Å². The molecule has 3 N–H and O–H groups in total. The number of benzene rings is 2. The number of piperazine rings is 1. The van der Waals surface area contributed by atoms with Crippen molar-refractivity contribution in [3.63, 3.8) is 0 Å². The van der Waals surface area contributed by atoms with Crippen LogP contribution < -0.4 is 25.8 Å². The van der Waals surface area contributed by atoms with E-state index in [9.17, 15) is 23.2 Å². The Morgan fingerprint density at radius 3 is 2.59 bits per heavy atom. The van der Waals surface area contributed by atoms with E-state index >= 15 is 0 Å². The monoisotopic (exact) mass is 743 g/mol. The van der Waals surface area contributed by atoms with Crippen LogP contribution in [0.2, 0.25) is 0 Å². The van der Waals surface area contributed by atoms with E-state index in [2.05, 4.69) is 43.0 Å². The van der Waals surface area contributed by atoms with Gasteiger partial charge in [-0.2, -0.15) is 5.10 Å². The smallest absolute Gasteiger partial charge is 0.256 e. The molecule has 0 saturated carbocycles. The molecule has 15 heteroatoms. The molecule has 3 saturated heterocycles. The van der Waals surface area contributed by atoms with Gasteiger partial charge in [0.1, 0.15) is 29.1 Å². The topological polar surface area (TPSA) is 136 Å². The van der Waals surface area contributed by atoms with Gasteiger partial charge < -0.3 is 25.2 Å². The molecule has 13 nitrogen and oxygen atoms in total. The van der Waals surface area contributed by atoms with Gasteiger partial charge in [0.2, 0.25) is 11.8 Å². The van der Waals surface area contributed by atoms with E-state index in [4.69, 9.17) is 9.72 Å². The molecule has 3 aliphatic rings. The standard InChI is InChI=1S/C39H47F2N9O4/c40-27-6-11-32(41)30(25-27)34-5-4-16-49(34)35-14-17-50-37(45-35)31(26-43-50)38(52)42-15-2-1-3-23-54-24-22-47-18-20-48(21-19-47)29-9-7-28(8-10-29)44-33-12-13-36(51)46-39(33)53/h6-11,14,17,25-26,33-34,44H,1-5,12-13,15-16,18-24H2,(H,42,52)(H,46,51,53)/t33?,34-/m1/s1. The first-order chi connectivity index (χ1) is 26.3. The molecule has 3 fully saturated rings. The summed E-state index contributed by atoms with van der Waals surface area (Å²) < 4.78 is 36.0. The SMILES string of the molecule is O=C1CCC(Nc2ccc(N3CCN(CCOCCCCCNC(=O)c4cnn5ccc(N6CCC[C@@H]6c6cc(F)ccc6F)nc45)CC3)cc2)C(=O)N1. The first-order valence-electron chi connectivity index (χ1n) is 18.9. The van der Waals surface area contributed by atoms with Gasteiger partial charge in [-0.1, -0.05) is 0 Å². The first kappa shape index (κ1) is 37.2. The quantitative estimate of drug-likeness (QED) is 0.120. The summed E-state index contributed by atoms with van der Waals surface area (Å²) in [6.45, 7) is 7.16. The van der Waals surface area contributed by atoms with E-state index in [1.54, 1.807) is 16.8 Å². The maximum atomic E-state index is 14.6. The zero-order valence-electron chi connectivity index (χ0n) is 30.3. The van der Waals surface area contributed by atoms with Crippen molar-refractivity contribution in [2.45, 2.75) is 57.0 Å². The van der Waals surface area contributed by atoms with E-state index in [1.807, 2.05) is 17.0 Å². The molecule has 0 aliphatic carbocycles. The van der Waals surface area contributed by atoms with E-state index in [1.165, 1.54) is 12.3 Å². The van der Waals surface area contributed by atoms with Crippen molar-refractivity contribution in [3.05, 3.63) is 83.7 Å². The van der Waals surface area contributed by atoms with Crippen LogP contribution in [0.4, 0.5) is 26.0 Å². The third kappa shape index (κ3) is 8.96. The first-order valence-corrected chi connectivity index (χ1v) is 18.9. The molecule has 0 radical (unpaired) electrons. The Kier molecular flexibility index (Phi) is 11.9. The van der Waals surface area contributed by atoms with Crippen molar-refractivity contribution in [1.29, 1.82) is 0 Å². The zero-order chi connectivity index (χ0) is 37.4. The number of nitrogens with zero attached hydrogens (tertiary/aromatic N) is 6. The number of hydrogen-bond acceptors (Lipinski definition) is 10. The van der Waals surface area contributed by atoms with Gasteiger partial charge in [-0.15, -0.1) is 0 Å². The fourth-order valence-corrected chi connectivity index (χ4v) is 7.44. The van der Waals surface area contributed by atoms with Gasteiger partial charge in [0.05, 0.1) is 18.8 Å². The average Bonchev–Trinajstić information content (AvgIpc) is 3.84. The Hall–Kier alpha value is -5.15. The van der Waals surface area contributed by atoms with Crippen molar-refractivity contribution in [1.82, 2.24) is 30.1 Å². The molecule has 2 aromatic carbocycles. The summed E-state index contributed by atoms with van der Waals surface area (Å²) >= 11 is 0. The van der Waals surface area contributed by atoms with Crippen molar-refractivity contribution < 1.29 is 27.9 Å². The van der Waals surface area contributed by atoms with Crippen LogP contribution in [0.15, 0.2) is 60.9 Å². The minimum absolute atomic E-state index is 0.217. The normalized spacial score (nSPS) is 19.4. The molecule has 286 valence electrons. The van der Waals surface area contributed by atoms with Crippen LogP contribution in [-0.2, 0) is 14.3 Å². The Bertz CT molecular complexity index is 1930. The van der Waals surface area contributed by atoms with E-state index in [0.717, 1.165) is 81.9 Å². The van der Waals surface area contributed by atoms with Crippen LogP contribution >= 0.6 is 0 Å². The van der Waals surface area contributed by atoms with Gasteiger partial charge in [-0.3, -0.25) is 24.6 Å². The summed E-state index contributed by atoms with van der Waals surface area (Å²) in [4.78, 5) is 48.0. The van der Waals surface area contributed by atoms with Crippen molar-refractivity contribution in [2.75, 3.05) is 74.1 Å².